The second-order valence-electron chi connectivity index (χ2n) is 2.67. The van der Waals surface area contributed by atoms with Gasteiger partial charge in [0.1, 0.15) is 0 Å². The van der Waals surface area contributed by atoms with E-state index in [4.69, 9.17) is 0 Å². The van der Waals surface area contributed by atoms with Gasteiger partial charge in [0.2, 0.25) is 0 Å². The van der Waals surface area contributed by atoms with Crippen molar-refractivity contribution < 1.29 is 0 Å². The zero-order valence-corrected chi connectivity index (χ0v) is 8.00. The molecule has 0 N–H and O–H groups in total. The minimum Gasteiger partial charge on any atom is -0.0845 e. The molecule has 12 heavy (non-hydrogen) atoms. The average molecular weight is 163 g/mol. The third-order valence-electron chi connectivity index (χ3n) is 1.50. The monoisotopic (exact) mass is 163 g/mol. The Morgan fingerprint density at radius 2 is 1.67 bits per heavy atom. The molecular formula is C12H19. The molecule has 0 rings (SSSR count). The summed E-state index contributed by atoms with van der Waals surface area (Å²) in [5.41, 5.74) is 0. The molecule has 0 nitrogen and oxygen atoms in total. The lowest BCUT2D eigenvalue weighted by Gasteiger charge is -1.85. The van der Waals surface area contributed by atoms with E-state index < -0.39 is 0 Å². The van der Waals surface area contributed by atoms with Crippen molar-refractivity contribution in [1.29, 1.82) is 0 Å². The van der Waals surface area contributed by atoms with Crippen LogP contribution in [-0.4, -0.2) is 0 Å². The van der Waals surface area contributed by atoms with E-state index in [0.29, 0.717) is 0 Å². The lowest BCUT2D eigenvalue weighted by molar-refractivity contribution is 0.815. The first-order chi connectivity index (χ1) is 5.91. The van der Waals surface area contributed by atoms with Crippen molar-refractivity contribution in [2.45, 2.75) is 32.6 Å². The van der Waals surface area contributed by atoms with Crippen molar-refractivity contribution in [3.63, 3.8) is 0 Å². The van der Waals surface area contributed by atoms with Gasteiger partial charge < -0.3 is 0 Å². The van der Waals surface area contributed by atoms with Gasteiger partial charge in [-0.15, -0.1) is 0 Å². The third-order valence-corrected chi connectivity index (χ3v) is 1.50. The van der Waals surface area contributed by atoms with Crippen LogP contribution in [-0.2, 0) is 0 Å². The fourth-order valence-corrected chi connectivity index (χ4v) is 0.800. The van der Waals surface area contributed by atoms with Gasteiger partial charge in [0, 0.05) is 0 Å². The Labute approximate surface area is 76.7 Å². The van der Waals surface area contributed by atoms with Crippen LogP contribution >= 0.6 is 0 Å². The molecule has 0 bridgehead atoms. The predicted molar refractivity (Wildman–Crippen MR) is 56.9 cm³/mol. The molecule has 0 spiro atoms. The van der Waals surface area contributed by atoms with Gasteiger partial charge in [-0.05, 0) is 19.8 Å². The Morgan fingerprint density at radius 3 is 2.25 bits per heavy atom. The van der Waals surface area contributed by atoms with Crippen molar-refractivity contribution >= 4 is 0 Å². The summed E-state index contributed by atoms with van der Waals surface area (Å²) in [6, 6.07) is 0. The smallest absolute Gasteiger partial charge is 0.0347 e. The predicted octanol–water partition coefficient (Wildman–Crippen LogP) is 4.07. The van der Waals surface area contributed by atoms with Gasteiger partial charge in [0.15, 0.2) is 0 Å². The largest absolute Gasteiger partial charge is 0.0845 e. The molecule has 1 radical (unpaired) electrons. The molecule has 0 aromatic rings. The molecule has 0 aromatic carbocycles. The van der Waals surface area contributed by atoms with Gasteiger partial charge in [-0.3, -0.25) is 0 Å². The highest BCUT2D eigenvalue weighted by Gasteiger charge is 1.74. The first-order valence-electron chi connectivity index (χ1n) is 4.69. The van der Waals surface area contributed by atoms with Crippen LogP contribution in [0.3, 0.4) is 0 Å². The van der Waals surface area contributed by atoms with Gasteiger partial charge in [0.05, 0.1) is 0 Å². The van der Waals surface area contributed by atoms with Gasteiger partial charge in [0.25, 0.3) is 0 Å². The van der Waals surface area contributed by atoms with E-state index in [0.717, 1.165) is 6.42 Å². The first kappa shape index (κ1) is 11.2. The Hall–Kier alpha value is -0.780. The van der Waals surface area contributed by atoms with Crippen LogP contribution < -0.4 is 0 Å². The quantitative estimate of drug-likeness (QED) is 0.409. The van der Waals surface area contributed by atoms with Crippen LogP contribution in [0.25, 0.3) is 0 Å². The van der Waals surface area contributed by atoms with Gasteiger partial charge in [-0.25, -0.2) is 0 Å². The molecule has 0 atom stereocenters. The Balaban J connectivity index is 3.32. The van der Waals surface area contributed by atoms with Gasteiger partial charge in [-0.1, -0.05) is 56.2 Å². The number of allylic oxidation sites excluding steroid dienone is 6. The van der Waals surface area contributed by atoms with E-state index >= 15 is 0 Å². The summed E-state index contributed by atoms with van der Waals surface area (Å²) in [5, 5.41) is 0. The summed E-state index contributed by atoms with van der Waals surface area (Å²) in [4.78, 5) is 0. The fraction of sp³-hybridized carbons (Fsp3) is 0.417. The summed E-state index contributed by atoms with van der Waals surface area (Å²) in [5.74, 6) is 0. The van der Waals surface area contributed by atoms with Crippen molar-refractivity contribution in [1.82, 2.24) is 0 Å². The maximum absolute atomic E-state index is 3.71. The molecule has 0 heteroatoms. The standard InChI is InChI=1S/C12H19/c1-3-5-7-9-11-12-10-8-6-4-2/h5,7,9-12H,1,3-4,6,8H2,2H3/b7-5+,11-9+,12-10+. The fourth-order valence-electron chi connectivity index (χ4n) is 0.800. The van der Waals surface area contributed by atoms with E-state index in [-0.39, 0.29) is 0 Å². The minimum absolute atomic E-state index is 0.865. The highest BCUT2D eigenvalue weighted by Crippen LogP contribution is 1.94. The van der Waals surface area contributed by atoms with Crippen molar-refractivity contribution in [2.24, 2.45) is 0 Å². The molecule has 0 aliphatic heterocycles. The number of hydrogen-bond donors (Lipinski definition) is 0. The molecule has 0 saturated heterocycles. The zero-order chi connectivity index (χ0) is 9.07. The normalized spacial score (nSPS) is 12.5. The summed E-state index contributed by atoms with van der Waals surface area (Å²) in [6.07, 6.45) is 17.1. The van der Waals surface area contributed by atoms with Crippen LogP contribution in [0.5, 0.6) is 0 Å². The van der Waals surface area contributed by atoms with Crippen molar-refractivity contribution in [3.05, 3.63) is 43.4 Å². The topological polar surface area (TPSA) is 0 Å². The number of hydrogen-bond acceptors (Lipinski definition) is 0. The summed E-state index contributed by atoms with van der Waals surface area (Å²) < 4.78 is 0. The average Bonchev–Trinajstić information content (AvgIpc) is 2.10. The molecule has 0 saturated carbocycles. The molecule has 0 amide bonds. The van der Waals surface area contributed by atoms with Crippen LogP contribution in [0.1, 0.15) is 32.6 Å². The maximum Gasteiger partial charge on any atom is -0.0347 e. The van der Waals surface area contributed by atoms with Crippen molar-refractivity contribution in [3.8, 4) is 0 Å². The molecule has 0 fully saturated rings. The number of rotatable bonds is 6. The summed E-state index contributed by atoms with van der Waals surface area (Å²) >= 11 is 0. The molecule has 0 heterocycles. The highest BCUT2D eigenvalue weighted by molar-refractivity contribution is 5.10. The lowest BCUT2D eigenvalue weighted by Crippen LogP contribution is -1.64. The van der Waals surface area contributed by atoms with Gasteiger partial charge >= 0.3 is 0 Å². The zero-order valence-electron chi connectivity index (χ0n) is 8.00. The molecule has 0 aliphatic rings. The molecule has 0 aliphatic carbocycles. The van der Waals surface area contributed by atoms with Crippen LogP contribution in [0, 0.1) is 6.92 Å². The number of unbranched alkanes of at least 4 members (excludes halogenated alkanes) is 2. The van der Waals surface area contributed by atoms with Gasteiger partial charge in [-0.2, -0.15) is 0 Å². The maximum atomic E-state index is 3.71. The first-order valence-corrected chi connectivity index (χ1v) is 4.69. The second-order valence-corrected chi connectivity index (χ2v) is 2.67. The molecular weight excluding hydrogens is 144 g/mol. The lowest BCUT2D eigenvalue weighted by atomic mass is 10.2. The van der Waals surface area contributed by atoms with E-state index in [9.17, 15) is 0 Å². The molecule has 67 valence electrons. The Morgan fingerprint density at radius 1 is 1.00 bits per heavy atom. The van der Waals surface area contributed by atoms with Crippen LogP contribution in [0.4, 0.5) is 0 Å². The van der Waals surface area contributed by atoms with Crippen molar-refractivity contribution in [2.75, 3.05) is 0 Å². The van der Waals surface area contributed by atoms with E-state index in [1.165, 1.54) is 19.3 Å². The third kappa shape index (κ3) is 9.22. The van der Waals surface area contributed by atoms with E-state index in [1.807, 2.05) is 18.2 Å². The van der Waals surface area contributed by atoms with Crippen LogP contribution in [0.2, 0.25) is 0 Å². The van der Waals surface area contributed by atoms with E-state index in [1.54, 1.807) is 0 Å². The Kier molecular flexibility index (Phi) is 9.56. The summed E-state index contributed by atoms with van der Waals surface area (Å²) in [7, 11) is 0. The highest BCUT2D eigenvalue weighted by atomic mass is 13.8. The molecule has 0 unspecified atom stereocenters. The summed E-state index contributed by atoms with van der Waals surface area (Å²) in [6.45, 7) is 5.91. The van der Waals surface area contributed by atoms with E-state index in [2.05, 4.69) is 32.1 Å². The minimum atomic E-state index is 0.865. The SMILES string of the molecule is [CH2]C/C=C/C=C/C=C/CCCC. The van der Waals surface area contributed by atoms with Crippen LogP contribution in [0.15, 0.2) is 36.5 Å². The molecule has 0 aromatic heterocycles. The Bertz CT molecular complexity index is 149. The second kappa shape index (κ2) is 10.2.